The zero-order valence-electron chi connectivity index (χ0n) is 12.2. The molecule has 102 valence electrons. The van der Waals surface area contributed by atoms with Gasteiger partial charge < -0.3 is 5.32 Å². The van der Waals surface area contributed by atoms with Crippen LogP contribution in [0.4, 0.5) is 0 Å². The van der Waals surface area contributed by atoms with Gasteiger partial charge in [0.05, 0.1) is 0 Å². The highest BCUT2D eigenvalue weighted by atomic mass is 16.1. The van der Waals surface area contributed by atoms with Gasteiger partial charge in [-0.15, -0.1) is 0 Å². The molecule has 0 atom stereocenters. The summed E-state index contributed by atoms with van der Waals surface area (Å²) in [5, 5.41) is 3.00. The topological polar surface area (TPSA) is 29.1 Å². The first-order valence-corrected chi connectivity index (χ1v) is 7.29. The summed E-state index contributed by atoms with van der Waals surface area (Å²) in [6.07, 6.45) is 8.04. The number of nitrogens with one attached hydrogen (secondary N) is 1. The first-order valence-electron chi connectivity index (χ1n) is 7.29. The molecule has 0 saturated heterocycles. The lowest BCUT2D eigenvalue weighted by Gasteiger charge is -2.07. The fraction of sp³-hybridized carbons (Fsp3) is 0.933. The molecule has 0 spiro atoms. The van der Waals surface area contributed by atoms with Crippen molar-refractivity contribution in [3.8, 4) is 0 Å². The summed E-state index contributed by atoms with van der Waals surface area (Å²) in [5.74, 6) is 1.67. The highest BCUT2D eigenvalue weighted by Crippen LogP contribution is 2.09. The van der Waals surface area contributed by atoms with Crippen molar-refractivity contribution in [2.75, 3.05) is 6.54 Å². The van der Waals surface area contributed by atoms with Crippen molar-refractivity contribution in [2.45, 2.75) is 72.6 Å². The Morgan fingerprint density at radius 2 is 1.47 bits per heavy atom. The van der Waals surface area contributed by atoms with Crippen molar-refractivity contribution in [1.82, 2.24) is 5.32 Å². The van der Waals surface area contributed by atoms with Crippen LogP contribution in [-0.2, 0) is 4.79 Å². The Kier molecular flexibility index (Phi) is 10.3. The molecule has 0 aliphatic heterocycles. The number of amides is 1. The standard InChI is InChI=1S/C15H31NO/c1-13(2)9-7-5-6-8-12-16-15(17)11-10-14(3)4/h13-14H,5-12H2,1-4H3,(H,16,17). The third kappa shape index (κ3) is 13.4. The number of hydrogen-bond acceptors (Lipinski definition) is 1. The van der Waals surface area contributed by atoms with Gasteiger partial charge in [0.25, 0.3) is 0 Å². The van der Waals surface area contributed by atoms with E-state index in [2.05, 4.69) is 33.0 Å². The van der Waals surface area contributed by atoms with Gasteiger partial charge in [-0.1, -0.05) is 53.4 Å². The van der Waals surface area contributed by atoms with Crippen molar-refractivity contribution in [3.63, 3.8) is 0 Å². The van der Waals surface area contributed by atoms with E-state index in [0.717, 1.165) is 25.3 Å². The zero-order valence-corrected chi connectivity index (χ0v) is 12.2. The molecule has 1 amide bonds. The molecular formula is C15H31NO. The second kappa shape index (κ2) is 10.6. The fourth-order valence-electron chi connectivity index (χ4n) is 1.77. The highest BCUT2D eigenvalue weighted by Gasteiger charge is 2.02. The number of carbonyl (C=O) groups excluding carboxylic acids is 1. The van der Waals surface area contributed by atoms with Crippen molar-refractivity contribution in [3.05, 3.63) is 0 Å². The van der Waals surface area contributed by atoms with Gasteiger partial charge in [0.1, 0.15) is 0 Å². The minimum absolute atomic E-state index is 0.223. The number of rotatable bonds is 10. The Morgan fingerprint density at radius 1 is 0.882 bits per heavy atom. The lowest BCUT2D eigenvalue weighted by atomic mass is 10.0. The summed E-state index contributed by atoms with van der Waals surface area (Å²) >= 11 is 0. The summed E-state index contributed by atoms with van der Waals surface area (Å²) < 4.78 is 0. The van der Waals surface area contributed by atoms with Crippen LogP contribution in [0.1, 0.15) is 72.6 Å². The Bertz CT molecular complexity index is 187. The smallest absolute Gasteiger partial charge is 0.220 e. The SMILES string of the molecule is CC(C)CCCCCCNC(=O)CCC(C)C. The second-order valence-corrected chi connectivity index (χ2v) is 5.88. The van der Waals surface area contributed by atoms with Crippen LogP contribution < -0.4 is 5.32 Å². The Balaban J connectivity index is 3.19. The van der Waals surface area contributed by atoms with Crippen molar-refractivity contribution in [1.29, 1.82) is 0 Å². The quantitative estimate of drug-likeness (QED) is 0.572. The minimum Gasteiger partial charge on any atom is -0.356 e. The first-order chi connectivity index (χ1) is 8.02. The zero-order chi connectivity index (χ0) is 13.1. The molecule has 0 fully saturated rings. The third-order valence-corrected chi connectivity index (χ3v) is 2.98. The summed E-state index contributed by atoms with van der Waals surface area (Å²) in [7, 11) is 0. The van der Waals surface area contributed by atoms with Gasteiger partial charge in [-0.3, -0.25) is 4.79 Å². The van der Waals surface area contributed by atoms with Crippen molar-refractivity contribution >= 4 is 5.91 Å². The largest absolute Gasteiger partial charge is 0.356 e. The summed E-state index contributed by atoms with van der Waals surface area (Å²) in [4.78, 5) is 11.4. The van der Waals surface area contributed by atoms with E-state index < -0.39 is 0 Å². The van der Waals surface area contributed by atoms with E-state index >= 15 is 0 Å². The van der Waals surface area contributed by atoms with Gasteiger partial charge >= 0.3 is 0 Å². The second-order valence-electron chi connectivity index (χ2n) is 5.88. The van der Waals surface area contributed by atoms with Gasteiger partial charge in [-0.05, 0) is 24.7 Å². The third-order valence-electron chi connectivity index (χ3n) is 2.98. The van der Waals surface area contributed by atoms with Crippen LogP contribution in [0.15, 0.2) is 0 Å². The van der Waals surface area contributed by atoms with Gasteiger partial charge in [-0.25, -0.2) is 0 Å². The minimum atomic E-state index is 0.223. The van der Waals surface area contributed by atoms with Crippen LogP contribution in [0.25, 0.3) is 0 Å². The molecule has 1 N–H and O–H groups in total. The lowest BCUT2D eigenvalue weighted by Crippen LogP contribution is -2.24. The molecule has 2 heteroatoms. The molecule has 0 aromatic heterocycles. The van der Waals surface area contributed by atoms with Crippen LogP contribution in [0.5, 0.6) is 0 Å². The van der Waals surface area contributed by atoms with Gasteiger partial charge in [0, 0.05) is 13.0 Å². The van der Waals surface area contributed by atoms with E-state index in [1.807, 2.05) is 0 Å². The van der Waals surface area contributed by atoms with Gasteiger partial charge in [0.2, 0.25) is 5.91 Å². The maximum atomic E-state index is 11.4. The molecule has 0 aromatic rings. The van der Waals surface area contributed by atoms with Crippen LogP contribution in [-0.4, -0.2) is 12.5 Å². The molecule has 0 unspecified atom stereocenters. The fourth-order valence-corrected chi connectivity index (χ4v) is 1.77. The van der Waals surface area contributed by atoms with Crippen molar-refractivity contribution in [2.24, 2.45) is 11.8 Å². The van der Waals surface area contributed by atoms with E-state index in [0.29, 0.717) is 12.3 Å². The maximum absolute atomic E-state index is 11.4. The first kappa shape index (κ1) is 16.5. The van der Waals surface area contributed by atoms with E-state index in [9.17, 15) is 4.79 Å². The summed E-state index contributed by atoms with van der Waals surface area (Å²) in [6.45, 7) is 9.71. The molecule has 0 saturated carbocycles. The predicted molar refractivity (Wildman–Crippen MR) is 75.0 cm³/mol. The molecule has 0 radical (unpaired) electrons. The molecule has 0 heterocycles. The Labute approximate surface area is 108 Å². The highest BCUT2D eigenvalue weighted by molar-refractivity contribution is 5.75. The molecule has 2 nitrogen and oxygen atoms in total. The van der Waals surface area contributed by atoms with Gasteiger partial charge in [0.15, 0.2) is 0 Å². The van der Waals surface area contributed by atoms with Crippen LogP contribution in [0.3, 0.4) is 0 Å². The van der Waals surface area contributed by atoms with Gasteiger partial charge in [-0.2, -0.15) is 0 Å². The normalized spacial score (nSPS) is 11.2. The lowest BCUT2D eigenvalue weighted by molar-refractivity contribution is -0.121. The molecule has 0 rings (SSSR count). The molecule has 0 aliphatic rings. The van der Waals surface area contributed by atoms with E-state index in [1.165, 1.54) is 25.7 Å². The average Bonchev–Trinajstić information content (AvgIpc) is 2.24. The molecular weight excluding hydrogens is 210 g/mol. The number of carbonyl (C=O) groups is 1. The molecule has 0 bridgehead atoms. The number of unbranched alkanes of at least 4 members (excludes halogenated alkanes) is 3. The van der Waals surface area contributed by atoms with E-state index in [-0.39, 0.29) is 5.91 Å². The summed E-state index contributed by atoms with van der Waals surface area (Å²) in [6, 6.07) is 0. The van der Waals surface area contributed by atoms with Crippen LogP contribution >= 0.6 is 0 Å². The predicted octanol–water partition coefficient (Wildman–Crippen LogP) is 4.15. The molecule has 0 aromatic carbocycles. The Morgan fingerprint density at radius 3 is 2.06 bits per heavy atom. The average molecular weight is 241 g/mol. The molecule has 0 aliphatic carbocycles. The number of hydrogen-bond donors (Lipinski definition) is 1. The Hall–Kier alpha value is -0.530. The van der Waals surface area contributed by atoms with Crippen molar-refractivity contribution < 1.29 is 4.79 Å². The summed E-state index contributed by atoms with van der Waals surface area (Å²) in [5.41, 5.74) is 0. The van der Waals surface area contributed by atoms with E-state index in [1.54, 1.807) is 0 Å². The monoisotopic (exact) mass is 241 g/mol. The van der Waals surface area contributed by atoms with Crippen LogP contribution in [0.2, 0.25) is 0 Å². The van der Waals surface area contributed by atoms with Crippen LogP contribution in [0, 0.1) is 11.8 Å². The molecule has 17 heavy (non-hydrogen) atoms. The van der Waals surface area contributed by atoms with E-state index in [4.69, 9.17) is 0 Å². The maximum Gasteiger partial charge on any atom is 0.220 e.